The molecule has 0 spiro atoms. The molecular formula is C16H16BrClFN. The fourth-order valence-corrected chi connectivity index (χ4v) is 2.60. The van der Waals surface area contributed by atoms with Crippen LogP contribution in [0.1, 0.15) is 28.3 Å². The Morgan fingerprint density at radius 3 is 2.55 bits per heavy atom. The van der Waals surface area contributed by atoms with Crippen molar-refractivity contribution in [3.63, 3.8) is 0 Å². The molecule has 0 amide bonds. The molecule has 20 heavy (non-hydrogen) atoms. The Hall–Kier alpha value is -0.900. The van der Waals surface area contributed by atoms with E-state index < -0.39 is 11.9 Å². The first kappa shape index (κ1) is 15.5. The SMILES string of the molecule is Cc1ccc(CC(N)c2ccc(Br)c(Cl)c2F)cc1C. The van der Waals surface area contributed by atoms with Gasteiger partial charge in [0, 0.05) is 16.1 Å². The second-order valence-corrected chi connectivity index (χ2v) is 6.23. The maximum Gasteiger partial charge on any atom is 0.147 e. The molecule has 0 saturated heterocycles. The molecule has 4 heteroatoms. The van der Waals surface area contributed by atoms with E-state index in [4.69, 9.17) is 17.3 Å². The predicted octanol–water partition coefficient (Wildman–Crippen LogP) is 5.10. The van der Waals surface area contributed by atoms with E-state index in [1.165, 1.54) is 11.1 Å². The first-order valence-electron chi connectivity index (χ1n) is 6.35. The molecule has 1 atom stereocenters. The van der Waals surface area contributed by atoms with Crippen LogP contribution in [0.5, 0.6) is 0 Å². The van der Waals surface area contributed by atoms with Crippen LogP contribution < -0.4 is 5.73 Å². The van der Waals surface area contributed by atoms with Crippen LogP contribution in [0, 0.1) is 19.7 Å². The summed E-state index contributed by atoms with van der Waals surface area (Å²) < 4.78 is 14.7. The van der Waals surface area contributed by atoms with Crippen molar-refractivity contribution in [2.24, 2.45) is 5.73 Å². The first-order chi connectivity index (χ1) is 9.40. The molecule has 0 radical (unpaired) electrons. The number of aryl methyl sites for hydroxylation is 2. The van der Waals surface area contributed by atoms with Crippen molar-refractivity contribution in [2.45, 2.75) is 26.3 Å². The van der Waals surface area contributed by atoms with Gasteiger partial charge in [0.25, 0.3) is 0 Å². The molecule has 0 aliphatic heterocycles. The van der Waals surface area contributed by atoms with E-state index in [2.05, 4.69) is 41.9 Å². The van der Waals surface area contributed by atoms with Crippen LogP contribution in [0.2, 0.25) is 5.02 Å². The molecule has 2 aromatic rings. The van der Waals surface area contributed by atoms with Crippen molar-refractivity contribution in [1.82, 2.24) is 0 Å². The van der Waals surface area contributed by atoms with Gasteiger partial charge in [0.1, 0.15) is 5.82 Å². The van der Waals surface area contributed by atoms with E-state index in [1.807, 2.05) is 6.07 Å². The Bertz CT molecular complexity index is 643. The molecule has 1 nitrogen and oxygen atoms in total. The van der Waals surface area contributed by atoms with Crippen molar-refractivity contribution >= 4 is 27.5 Å². The van der Waals surface area contributed by atoms with E-state index in [1.54, 1.807) is 12.1 Å². The molecule has 1 unspecified atom stereocenters. The van der Waals surface area contributed by atoms with Crippen molar-refractivity contribution in [3.8, 4) is 0 Å². The minimum atomic E-state index is -0.447. The maximum absolute atomic E-state index is 14.1. The second kappa shape index (κ2) is 6.25. The molecule has 0 aromatic heterocycles. The van der Waals surface area contributed by atoms with Crippen LogP contribution in [0.4, 0.5) is 4.39 Å². The Kier molecular flexibility index (Phi) is 4.84. The fraction of sp³-hybridized carbons (Fsp3) is 0.250. The minimum absolute atomic E-state index is 0.0815. The normalized spacial score (nSPS) is 12.5. The lowest BCUT2D eigenvalue weighted by molar-refractivity contribution is 0.580. The molecule has 0 aliphatic carbocycles. The van der Waals surface area contributed by atoms with Crippen LogP contribution in [-0.4, -0.2) is 0 Å². The Labute approximate surface area is 132 Å². The largest absolute Gasteiger partial charge is 0.324 e. The predicted molar refractivity (Wildman–Crippen MR) is 85.7 cm³/mol. The number of hydrogen-bond acceptors (Lipinski definition) is 1. The zero-order valence-electron chi connectivity index (χ0n) is 11.4. The highest BCUT2D eigenvalue weighted by Gasteiger charge is 2.16. The lowest BCUT2D eigenvalue weighted by atomic mass is 9.97. The van der Waals surface area contributed by atoms with Gasteiger partial charge < -0.3 is 5.73 Å². The lowest BCUT2D eigenvalue weighted by Gasteiger charge is -2.15. The van der Waals surface area contributed by atoms with Crippen molar-refractivity contribution in [2.75, 3.05) is 0 Å². The standard InChI is InChI=1S/C16H16BrClFN/c1-9-3-4-11(7-10(9)2)8-14(20)12-5-6-13(17)15(18)16(12)19/h3-7,14H,8,20H2,1-2H3. The summed E-state index contributed by atoms with van der Waals surface area (Å²) in [6.45, 7) is 4.12. The lowest BCUT2D eigenvalue weighted by Crippen LogP contribution is -2.15. The molecule has 0 heterocycles. The van der Waals surface area contributed by atoms with Gasteiger partial charge in [-0.25, -0.2) is 4.39 Å². The third kappa shape index (κ3) is 3.22. The summed E-state index contributed by atoms with van der Waals surface area (Å²) >= 11 is 9.10. The Morgan fingerprint density at radius 2 is 1.90 bits per heavy atom. The van der Waals surface area contributed by atoms with Gasteiger partial charge in [-0.1, -0.05) is 35.9 Å². The summed E-state index contributed by atoms with van der Waals surface area (Å²) in [6.07, 6.45) is 0.579. The van der Waals surface area contributed by atoms with Gasteiger partial charge in [-0.05, 0) is 59.0 Å². The van der Waals surface area contributed by atoms with Crippen LogP contribution >= 0.6 is 27.5 Å². The van der Waals surface area contributed by atoms with Gasteiger partial charge in [0.2, 0.25) is 0 Å². The Morgan fingerprint density at radius 1 is 1.20 bits per heavy atom. The van der Waals surface area contributed by atoms with Crippen LogP contribution in [0.3, 0.4) is 0 Å². The van der Waals surface area contributed by atoms with Gasteiger partial charge in [0.15, 0.2) is 0 Å². The molecule has 2 N–H and O–H groups in total. The van der Waals surface area contributed by atoms with E-state index in [0.29, 0.717) is 16.5 Å². The quantitative estimate of drug-likeness (QED) is 0.761. The highest BCUT2D eigenvalue weighted by molar-refractivity contribution is 9.10. The van der Waals surface area contributed by atoms with Crippen LogP contribution in [0.15, 0.2) is 34.8 Å². The van der Waals surface area contributed by atoms with Gasteiger partial charge in [-0.15, -0.1) is 0 Å². The molecule has 2 rings (SSSR count). The van der Waals surface area contributed by atoms with Crippen LogP contribution in [0.25, 0.3) is 0 Å². The highest BCUT2D eigenvalue weighted by atomic mass is 79.9. The molecule has 0 fully saturated rings. The van der Waals surface area contributed by atoms with Gasteiger partial charge in [-0.2, -0.15) is 0 Å². The Balaban J connectivity index is 2.26. The smallest absolute Gasteiger partial charge is 0.147 e. The summed E-state index contributed by atoms with van der Waals surface area (Å²) in [4.78, 5) is 0. The average Bonchev–Trinajstić information content (AvgIpc) is 2.40. The number of hydrogen-bond donors (Lipinski definition) is 1. The third-order valence-electron chi connectivity index (χ3n) is 3.49. The van der Waals surface area contributed by atoms with Crippen molar-refractivity contribution < 1.29 is 4.39 Å². The summed E-state index contributed by atoms with van der Waals surface area (Å²) in [5, 5.41) is 0.0815. The van der Waals surface area contributed by atoms with E-state index in [-0.39, 0.29) is 5.02 Å². The van der Waals surface area contributed by atoms with E-state index >= 15 is 0 Å². The van der Waals surface area contributed by atoms with E-state index in [0.717, 1.165) is 5.56 Å². The molecule has 106 valence electrons. The number of rotatable bonds is 3. The maximum atomic E-state index is 14.1. The molecule has 0 bridgehead atoms. The van der Waals surface area contributed by atoms with Gasteiger partial charge in [-0.3, -0.25) is 0 Å². The zero-order valence-corrected chi connectivity index (χ0v) is 13.7. The number of nitrogens with two attached hydrogens (primary N) is 1. The monoisotopic (exact) mass is 355 g/mol. The number of benzene rings is 2. The summed E-state index contributed by atoms with van der Waals surface area (Å²) in [5.74, 6) is -0.447. The van der Waals surface area contributed by atoms with Gasteiger partial charge >= 0.3 is 0 Å². The van der Waals surface area contributed by atoms with Crippen LogP contribution in [-0.2, 0) is 6.42 Å². The highest BCUT2D eigenvalue weighted by Crippen LogP contribution is 2.30. The molecule has 2 aromatic carbocycles. The third-order valence-corrected chi connectivity index (χ3v) is 4.75. The van der Waals surface area contributed by atoms with Crippen molar-refractivity contribution in [3.05, 3.63) is 67.9 Å². The summed E-state index contributed by atoms with van der Waals surface area (Å²) in [7, 11) is 0. The summed E-state index contributed by atoms with van der Waals surface area (Å²) in [6, 6.07) is 9.16. The summed E-state index contributed by atoms with van der Waals surface area (Å²) in [5.41, 5.74) is 10.1. The fourth-order valence-electron chi connectivity index (χ4n) is 2.12. The second-order valence-electron chi connectivity index (χ2n) is 4.99. The first-order valence-corrected chi connectivity index (χ1v) is 7.52. The van der Waals surface area contributed by atoms with E-state index in [9.17, 15) is 4.39 Å². The minimum Gasteiger partial charge on any atom is -0.324 e. The topological polar surface area (TPSA) is 26.0 Å². The number of halogens is 3. The molecule has 0 aliphatic rings. The van der Waals surface area contributed by atoms with Gasteiger partial charge in [0.05, 0.1) is 5.02 Å². The molecule has 0 saturated carbocycles. The van der Waals surface area contributed by atoms with Crippen molar-refractivity contribution in [1.29, 1.82) is 0 Å². The molecular weight excluding hydrogens is 341 g/mol. The average molecular weight is 357 g/mol. The zero-order chi connectivity index (χ0) is 14.9.